The molecule has 2 aromatic carbocycles. The van der Waals surface area contributed by atoms with Gasteiger partial charge in [0.15, 0.2) is 0 Å². The second-order valence-electron chi connectivity index (χ2n) is 7.14. The lowest BCUT2D eigenvalue weighted by Crippen LogP contribution is -2.44. The second kappa shape index (κ2) is 8.37. The van der Waals surface area contributed by atoms with Crippen LogP contribution in [-0.4, -0.2) is 56.3 Å². The summed E-state index contributed by atoms with van der Waals surface area (Å²) in [7, 11) is 2.11. The summed E-state index contributed by atoms with van der Waals surface area (Å²) in [5.41, 5.74) is 2.67. The van der Waals surface area contributed by atoms with Gasteiger partial charge in [0, 0.05) is 55.4 Å². The number of amides is 1. The van der Waals surface area contributed by atoms with Gasteiger partial charge in [0.2, 0.25) is 0 Å². The number of thioether (sulfide) groups is 1. The number of halogens is 1. The van der Waals surface area contributed by atoms with Gasteiger partial charge in [-0.15, -0.1) is 11.8 Å². The second-order valence-corrected chi connectivity index (χ2v) is 8.28. The number of para-hydroxylation sites is 1. The molecule has 146 valence electrons. The molecule has 0 aliphatic carbocycles. The minimum atomic E-state index is -0.280. The number of rotatable bonds is 3. The van der Waals surface area contributed by atoms with Crippen molar-refractivity contribution < 1.29 is 9.18 Å². The molecule has 0 N–H and O–H groups in total. The molecule has 2 fully saturated rings. The van der Waals surface area contributed by atoms with Crippen molar-refractivity contribution in [3.8, 4) is 0 Å². The average molecular weight is 398 g/mol. The molecule has 0 atom stereocenters. The van der Waals surface area contributed by atoms with E-state index in [2.05, 4.69) is 16.8 Å². The topological polar surface area (TPSA) is 26.8 Å². The Hall–Kier alpha value is -2.31. The van der Waals surface area contributed by atoms with Crippen LogP contribution >= 0.6 is 11.8 Å². The Labute approximate surface area is 169 Å². The summed E-state index contributed by atoms with van der Waals surface area (Å²) < 4.78 is 14.0. The number of hydrogen-bond acceptors (Lipinski definition) is 4. The van der Waals surface area contributed by atoms with Crippen molar-refractivity contribution in [3.05, 3.63) is 64.8 Å². The van der Waals surface area contributed by atoms with E-state index < -0.39 is 0 Å². The van der Waals surface area contributed by atoms with E-state index in [0.29, 0.717) is 11.4 Å². The molecule has 2 aromatic rings. The number of nitrogens with zero attached hydrogens (tertiary/aromatic N) is 3. The Morgan fingerprint density at radius 3 is 2.50 bits per heavy atom. The highest BCUT2D eigenvalue weighted by Crippen LogP contribution is 2.32. The molecule has 0 aromatic heterocycles. The molecular weight excluding hydrogens is 373 g/mol. The summed E-state index contributed by atoms with van der Waals surface area (Å²) in [6.07, 6.45) is 1.86. The van der Waals surface area contributed by atoms with E-state index in [-0.39, 0.29) is 11.7 Å². The van der Waals surface area contributed by atoms with Crippen LogP contribution in [0.1, 0.15) is 5.56 Å². The maximum Gasteiger partial charge on any atom is 0.264 e. The summed E-state index contributed by atoms with van der Waals surface area (Å²) in [6, 6.07) is 14.6. The first-order valence-corrected chi connectivity index (χ1v) is 10.5. The highest BCUT2D eigenvalue weighted by Gasteiger charge is 2.26. The lowest BCUT2D eigenvalue weighted by atomic mass is 10.1. The fourth-order valence-electron chi connectivity index (χ4n) is 3.62. The Morgan fingerprint density at radius 1 is 1.00 bits per heavy atom. The van der Waals surface area contributed by atoms with Crippen molar-refractivity contribution in [2.24, 2.45) is 0 Å². The van der Waals surface area contributed by atoms with E-state index in [0.717, 1.165) is 48.9 Å². The Bertz CT molecular complexity index is 879. The summed E-state index contributed by atoms with van der Waals surface area (Å²) in [6.45, 7) is 4.43. The van der Waals surface area contributed by atoms with Gasteiger partial charge >= 0.3 is 0 Å². The third-order valence-corrected chi connectivity index (χ3v) is 6.21. The van der Waals surface area contributed by atoms with E-state index in [1.165, 1.54) is 12.1 Å². The predicted octanol–water partition coefficient (Wildman–Crippen LogP) is 3.70. The number of benzene rings is 2. The molecule has 6 heteroatoms. The first-order chi connectivity index (χ1) is 13.6. The molecule has 2 heterocycles. The van der Waals surface area contributed by atoms with E-state index in [1.54, 1.807) is 16.7 Å². The van der Waals surface area contributed by atoms with Gasteiger partial charge in [0.05, 0.1) is 4.91 Å². The van der Waals surface area contributed by atoms with Crippen LogP contribution in [0.2, 0.25) is 0 Å². The fourth-order valence-corrected chi connectivity index (χ4v) is 4.56. The minimum absolute atomic E-state index is 0.0176. The number of piperazine rings is 1. The largest absolute Gasteiger partial charge is 0.368 e. The normalized spacial score (nSPS) is 20.1. The van der Waals surface area contributed by atoms with E-state index in [9.17, 15) is 9.18 Å². The number of anilines is 2. The van der Waals surface area contributed by atoms with Gasteiger partial charge in [-0.25, -0.2) is 4.39 Å². The SMILES string of the molecule is CN1CCN(c2ccc(F)cc2/C=C2/SCCN(c3ccccc3)C2=O)CC1. The Balaban J connectivity index is 1.64. The van der Waals surface area contributed by atoms with Crippen molar-refractivity contribution >= 4 is 35.1 Å². The van der Waals surface area contributed by atoms with Gasteiger partial charge in [-0.05, 0) is 43.5 Å². The summed E-state index contributed by atoms with van der Waals surface area (Å²) in [4.78, 5) is 20.1. The number of carbonyl (C=O) groups is 1. The predicted molar refractivity (Wildman–Crippen MR) is 115 cm³/mol. The van der Waals surface area contributed by atoms with E-state index in [1.807, 2.05) is 42.5 Å². The molecule has 0 bridgehead atoms. The number of hydrogen-bond donors (Lipinski definition) is 0. The van der Waals surface area contributed by atoms with Crippen molar-refractivity contribution in [2.75, 3.05) is 55.3 Å². The summed E-state index contributed by atoms with van der Waals surface area (Å²) in [5, 5.41) is 0. The van der Waals surface area contributed by atoms with Crippen LogP contribution in [0.4, 0.5) is 15.8 Å². The van der Waals surface area contributed by atoms with Gasteiger partial charge in [-0.2, -0.15) is 0 Å². The molecule has 2 aliphatic rings. The molecule has 4 rings (SSSR count). The molecule has 0 spiro atoms. The maximum absolute atomic E-state index is 14.0. The third kappa shape index (κ3) is 4.08. The van der Waals surface area contributed by atoms with Crippen LogP contribution in [0, 0.1) is 5.82 Å². The smallest absolute Gasteiger partial charge is 0.264 e. The lowest BCUT2D eigenvalue weighted by Gasteiger charge is -2.35. The van der Waals surface area contributed by atoms with Crippen molar-refractivity contribution in [1.82, 2.24) is 4.90 Å². The van der Waals surface area contributed by atoms with Crippen molar-refractivity contribution in [1.29, 1.82) is 0 Å². The first kappa shape index (κ1) is 19.0. The molecule has 0 saturated carbocycles. The highest BCUT2D eigenvalue weighted by atomic mass is 32.2. The molecule has 1 amide bonds. The Morgan fingerprint density at radius 2 is 1.75 bits per heavy atom. The van der Waals surface area contributed by atoms with Gasteiger partial charge < -0.3 is 14.7 Å². The van der Waals surface area contributed by atoms with Crippen LogP contribution in [0.25, 0.3) is 6.08 Å². The zero-order valence-corrected chi connectivity index (χ0v) is 16.8. The molecule has 4 nitrogen and oxygen atoms in total. The number of carbonyl (C=O) groups excluding carboxylic acids is 1. The minimum Gasteiger partial charge on any atom is -0.368 e. The molecule has 0 radical (unpaired) electrons. The standard InChI is InChI=1S/C22H24FN3OS/c1-24-9-11-25(12-10-24)20-8-7-18(23)15-17(20)16-21-22(27)26(13-14-28-21)19-5-3-2-4-6-19/h2-8,15-16H,9-14H2,1H3/b21-16+. The van der Waals surface area contributed by atoms with Gasteiger partial charge in [-0.1, -0.05) is 18.2 Å². The zero-order valence-electron chi connectivity index (χ0n) is 16.0. The van der Waals surface area contributed by atoms with Crippen LogP contribution in [-0.2, 0) is 4.79 Å². The van der Waals surface area contributed by atoms with Crippen LogP contribution in [0.5, 0.6) is 0 Å². The van der Waals surface area contributed by atoms with Crippen molar-refractivity contribution in [3.63, 3.8) is 0 Å². The molecule has 2 saturated heterocycles. The van der Waals surface area contributed by atoms with Gasteiger partial charge in [0.1, 0.15) is 5.82 Å². The Kier molecular flexibility index (Phi) is 5.69. The lowest BCUT2D eigenvalue weighted by molar-refractivity contribution is -0.114. The van der Waals surface area contributed by atoms with Crippen LogP contribution in [0.15, 0.2) is 53.4 Å². The quantitative estimate of drug-likeness (QED) is 0.738. The molecular formula is C22H24FN3OS. The monoisotopic (exact) mass is 397 g/mol. The molecule has 28 heavy (non-hydrogen) atoms. The molecule has 0 unspecified atom stereocenters. The molecule has 2 aliphatic heterocycles. The highest BCUT2D eigenvalue weighted by molar-refractivity contribution is 8.04. The summed E-state index contributed by atoms with van der Waals surface area (Å²) >= 11 is 1.55. The summed E-state index contributed by atoms with van der Waals surface area (Å²) in [5.74, 6) is 0.528. The van der Waals surface area contributed by atoms with Crippen LogP contribution in [0.3, 0.4) is 0 Å². The van der Waals surface area contributed by atoms with Gasteiger partial charge in [0.25, 0.3) is 5.91 Å². The van der Waals surface area contributed by atoms with E-state index in [4.69, 9.17) is 0 Å². The van der Waals surface area contributed by atoms with E-state index >= 15 is 0 Å². The first-order valence-electron chi connectivity index (χ1n) is 9.56. The third-order valence-electron chi connectivity index (χ3n) is 5.22. The fraction of sp³-hybridized carbons (Fsp3) is 0.318. The van der Waals surface area contributed by atoms with Crippen molar-refractivity contribution in [2.45, 2.75) is 0 Å². The van der Waals surface area contributed by atoms with Crippen LogP contribution < -0.4 is 9.80 Å². The zero-order chi connectivity index (χ0) is 19.5. The number of likely N-dealkylation sites (N-methyl/N-ethyl adjacent to an activating group) is 1. The maximum atomic E-state index is 14.0. The average Bonchev–Trinajstić information content (AvgIpc) is 2.71. The van der Waals surface area contributed by atoms with Gasteiger partial charge in [-0.3, -0.25) is 4.79 Å².